The van der Waals surface area contributed by atoms with Crippen LogP contribution in [-0.4, -0.2) is 72.9 Å². The van der Waals surface area contributed by atoms with Gasteiger partial charge < -0.3 is 19.4 Å². The summed E-state index contributed by atoms with van der Waals surface area (Å²) in [5.41, 5.74) is 1.02. The maximum atomic E-state index is 13.2. The van der Waals surface area contributed by atoms with Gasteiger partial charge >= 0.3 is 0 Å². The first kappa shape index (κ1) is 23.1. The third kappa shape index (κ3) is 4.67. The predicted molar refractivity (Wildman–Crippen MR) is 124 cm³/mol. The molecule has 0 unspecified atom stereocenters. The van der Waals surface area contributed by atoms with Gasteiger partial charge in [-0.1, -0.05) is 6.92 Å². The van der Waals surface area contributed by atoms with Crippen molar-refractivity contribution in [1.29, 1.82) is 0 Å². The molecule has 0 aliphatic carbocycles. The summed E-state index contributed by atoms with van der Waals surface area (Å²) in [4.78, 5) is 22.0. The number of amides is 1. The molecule has 0 bridgehead atoms. The lowest BCUT2D eigenvalue weighted by Crippen LogP contribution is -2.50. The van der Waals surface area contributed by atoms with E-state index in [-0.39, 0.29) is 23.9 Å². The minimum atomic E-state index is -3.70. The SMILES string of the molecule is CCCOc1ccc(C(=O)N2CCN(S(=O)(=O)c3c[nH]c4ncccc34)CC2)cc1OCC. The summed E-state index contributed by atoms with van der Waals surface area (Å²) in [6, 6.07) is 8.60. The van der Waals surface area contributed by atoms with Gasteiger partial charge in [0.15, 0.2) is 11.5 Å². The van der Waals surface area contributed by atoms with Gasteiger partial charge in [0.25, 0.3) is 5.91 Å². The van der Waals surface area contributed by atoms with Gasteiger partial charge in [-0.25, -0.2) is 13.4 Å². The zero-order valence-corrected chi connectivity index (χ0v) is 19.6. The van der Waals surface area contributed by atoms with E-state index in [2.05, 4.69) is 9.97 Å². The molecule has 1 aromatic carbocycles. The van der Waals surface area contributed by atoms with Crippen molar-refractivity contribution in [3.63, 3.8) is 0 Å². The highest BCUT2D eigenvalue weighted by atomic mass is 32.2. The largest absolute Gasteiger partial charge is 0.490 e. The number of hydrogen-bond acceptors (Lipinski definition) is 6. The number of fused-ring (bicyclic) bond motifs is 1. The van der Waals surface area contributed by atoms with Crippen LogP contribution in [-0.2, 0) is 10.0 Å². The summed E-state index contributed by atoms with van der Waals surface area (Å²) in [5, 5.41) is 0.560. The van der Waals surface area contributed by atoms with Crippen LogP contribution in [0.15, 0.2) is 47.6 Å². The molecule has 3 heterocycles. The third-order valence-electron chi connectivity index (χ3n) is 5.51. The van der Waals surface area contributed by atoms with Crippen molar-refractivity contribution in [3.8, 4) is 11.5 Å². The standard InChI is InChI=1S/C23H28N4O5S/c1-3-14-32-19-8-7-17(15-20(19)31-4-2)23(28)26-10-12-27(13-11-26)33(29,30)21-16-25-22-18(21)6-5-9-24-22/h5-9,15-16H,3-4,10-14H2,1-2H3,(H,24,25). The van der Waals surface area contributed by atoms with E-state index in [0.717, 1.165) is 6.42 Å². The maximum Gasteiger partial charge on any atom is 0.254 e. The summed E-state index contributed by atoms with van der Waals surface area (Å²) in [6.45, 7) is 5.97. The Morgan fingerprint density at radius 1 is 1.09 bits per heavy atom. The molecule has 2 aromatic heterocycles. The van der Waals surface area contributed by atoms with Crippen molar-refractivity contribution < 1.29 is 22.7 Å². The average Bonchev–Trinajstić information content (AvgIpc) is 3.28. The Morgan fingerprint density at radius 3 is 2.61 bits per heavy atom. The van der Waals surface area contributed by atoms with Crippen LogP contribution in [0.5, 0.6) is 11.5 Å². The molecule has 0 spiro atoms. The number of hydrogen-bond donors (Lipinski definition) is 1. The Bertz CT molecular complexity index is 1230. The highest BCUT2D eigenvalue weighted by Gasteiger charge is 2.32. The number of aromatic amines is 1. The van der Waals surface area contributed by atoms with Crippen LogP contribution in [0.3, 0.4) is 0 Å². The van der Waals surface area contributed by atoms with E-state index in [0.29, 0.717) is 54.4 Å². The Labute approximate surface area is 193 Å². The van der Waals surface area contributed by atoms with Gasteiger partial charge in [-0.3, -0.25) is 4.79 Å². The lowest BCUT2D eigenvalue weighted by atomic mass is 10.1. The smallest absolute Gasteiger partial charge is 0.254 e. The number of benzene rings is 1. The van der Waals surface area contributed by atoms with Crippen molar-refractivity contribution in [2.75, 3.05) is 39.4 Å². The molecule has 0 radical (unpaired) electrons. The first-order valence-corrected chi connectivity index (χ1v) is 12.5. The van der Waals surface area contributed by atoms with Crippen LogP contribution in [0, 0.1) is 0 Å². The molecule has 0 saturated carbocycles. The lowest BCUT2D eigenvalue weighted by Gasteiger charge is -2.34. The molecule has 33 heavy (non-hydrogen) atoms. The number of H-pyrrole nitrogens is 1. The second-order valence-corrected chi connectivity index (χ2v) is 9.60. The van der Waals surface area contributed by atoms with Gasteiger partial charge in [0.05, 0.1) is 13.2 Å². The molecule has 10 heteroatoms. The van der Waals surface area contributed by atoms with Crippen molar-refractivity contribution >= 4 is 27.0 Å². The second kappa shape index (κ2) is 9.80. The van der Waals surface area contributed by atoms with E-state index >= 15 is 0 Å². The first-order valence-electron chi connectivity index (χ1n) is 11.1. The van der Waals surface area contributed by atoms with Gasteiger partial charge in [0.2, 0.25) is 10.0 Å². The highest BCUT2D eigenvalue weighted by Crippen LogP contribution is 2.30. The Morgan fingerprint density at radius 2 is 1.88 bits per heavy atom. The molecule has 1 amide bonds. The van der Waals surface area contributed by atoms with E-state index in [1.807, 2.05) is 13.8 Å². The molecule has 1 N–H and O–H groups in total. The number of sulfonamides is 1. The molecule has 176 valence electrons. The van der Waals surface area contributed by atoms with Crippen LogP contribution < -0.4 is 9.47 Å². The number of pyridine rings is 1. The third-order valence-corrected chi connectivity index (χ3v) is 7.45. The molecule has 0 atom stereocenters. The molecule has 3 aromatic rings. The predicted octanol–water partition coefficient (Wildman–Crippen LogP) is 2.90. The number of carbonyl (C=O) groups excluding carboxylic acids is 1. The minimum Gasteiger partial charge on any atom is -0.490 e. The van der Waals surface area contributed by atoms with E-state index in [1.54, 1.807) is 41.4 Å². The fourth-order valence-corrected chi connectivity index (χ4v) is 5.41. The quantitative estimate of drug-likeness (QED) is 0.541. The van der Waals surface area contributed by atoms with Crippen molar-refractivity contribution in [2.24, 2.45) is 0 Å². The maximum absolute atomic E-state index is 13.2. The number of piperazine rings is 1. The lowest BCUT2D eigenvalue weighted by molar-refractivity contribution is 0.0697. The number of carbonyl (C=O) groups is 1. The van der Waals surface area contributed by atoms with Crippen LogP contribution in [0.4, 0.5) is 0 Å². The number of ether oxygens (including phenoxy) is 2. The Hall–Kier alpha value is -3.11. The average molecular weight is 473 g/mol. The monoisotopic (exact) mass is 472 g/mol. The van der Waals surface area contributed by atoms with Gasteiger partial charge in [0, 0.05) is 49.5 Å². The number of aromatic nitrogens is 2. The summed E-state index contributed by atoms with van der Waals surface area (Å²) in [7, 11) is -3.70. The second-order valence-electron chi connectivity index (χ2n) is 7.69. The fraction of sp³-hybridized carbons (Fsp3) is 0.391. The van der Waals surface area contributed by atoms with Crippen LogP contribution in [0.1, 0.15) is 30.6 Å². The summed E-state index contributed by atoms with van der Waals surface area (Å²) in [6.07, 6.45) is 3.95. The zero-order chi connectivity index (χ0) is 23.4. The number of nitrogens with zero attached hydrogens (tertiary/aromatic N) is 3. The van der Waals surface area contributed by atoms with Crippen molar-refractivity contribution in [3.05, 3.63) is 48.3 Å². The van der Waals surface area contributed by atoms with Gasteiger partial charge in [-0.05, 0) is 43.7 Å². The summed E-state index contributed by atoms with van der Waals surface area (Å²) < 4.78 is 39.2. The topological polar surface area (TPSA) is 105 Å². The van der Waals surface area contributed by atoms with Gasteiger partial charge in [0.1, 0.15) is 10.5 Å². The molecule has 1 aliphatic heterocycles. The van der Waals surface area contributed by atoms with E-state index in [9.17, 15) is 13.2 Å². The first-order chi connectivity index (χ1) is 16.0. The normalized spacial score (nSPS) is 15.0. The molecule has 1 aliphatic rings. The van der Waals surface area contributed by atoms with Gasteiger partial charge in [-0.15, -0.1) is 0 Å². The molecule has 4 rings (SSSR count). The summed E-state index contributed by atoms with van der Waals surface area (Å²) >= 11 is 0. The van der Waals surface area contributed by atoms with Crippen LogP contribution >= 0.6 is 0 Å². The van der Waals surface area contributed by atoms with E-state index in [1.165, 1.54) is 10.5 Å². The zero-order valence-electron chi connectivity index (χ0n) is 18.8. The molecular weight excluding hydrogens is 444 g/mol. The fourth-order valence-electron chi connectivity index (χ4n) is 3.84. The molecule has 1 fully saturated rings. The van der Waals surface area contributed by atoms with Crippen molar-refractivity contribution in [1.82, 2.24) is 19.2 Å². The van der Waals surface area contributed by atoms with Crippen LogP contribution in [0.25, 0.3) is 11.0 Å². The number of rotatable bonds is 8. The van der Waals surface area contributed by atoms with Crippen LogP contribution in [0.2, 0.25) is 0 Å². The molecular formula is C23H28N4O5S. The number of nitrogens with one attached hydrogen (secondary N) is 1. The van der Waals surface area contributed by atoms with Gasteiger partial charge in [-0.2, -0.15) is 4.31 Å². The molecule has 9 nitrogen and oxygen atoms in total. The highest BCUT2D eigenvalue weighted by molar-refractivity contribution is 7.89. The molecule has 1 saturated heterocycles. The Kier molecular flexibility index (Phi) is 6.85. The van der Waals surface area contributed by atoms with E-state index < -0.39 is 10.0 Å². The Balaban J connectivity index is 1.46. The van der Waals surface area contributed by atoms with Crippen molar-refractivity contribution in [2.45, 2.75) is 25.2 Å². The minimum absolute atomic E-state index is 0.161. The van der Waals surface area contributed by atoms with E-state index in [4.69, 9.17) is 9.47 Å². The summed E-state index contributed by atoms with van der Waals surface area (Å²) in [5.74, 6) is 0.983.